The van der Waals surface area contributed by atoms with Crippen LogP contribution in [0.1, 0.15) is 28.4 Å². The van der Waals surface area contributed by atoms with Crippen molar-refractivity contribution in [2.45, 2.75) is 25.9 Å². The van der Waals surface area contributed by atoms with Crippen LogP contribution in [0.4, 0.5) is 0 Å². The summed E-state index contributed by atoms with van der Waals surface area (Å²) in [5.74, 6) is 0.831. The summed E-state index contributed by atoms with van der Waals surface area (Å²) < 4.78 is 5.77. The first kappa shape index (κ1) is 12.0. The quantitative estimate of drug-likeness (QED) is 0.836. The first-order valence-corrected chi connectivity index (χ1v) is 6.65. The number of hydrogen-bond acceptors (Lipinski definition) is 2. The lowest BCUT2D eigenvalue weighted by atomic mass is 10.0. The zero-order valence-electron chi connectivity index (χ0n) is 10.9. The number of Topliss-reactive ketones (excluding diaryl/α,β-unsaturated/α-hetero) is 1. The van der Waals surface area contributed by atoms with E-state index >= 15 is 0 Å². The van der Waals surface area contributed by atoms with Gasteiger partial charge < -0.3 is 4.74 Å². The van der Waals surface area contributed by atoms with Gasteiger partial charge in [-0.1, -0.05) is 43.3 Å². The second kappa shape index (κ2) is 4.88. The Bertz CT molecular complexity index is 602. The van der Waals surface area contributed by atoms with Crippen LogP contribution in [0.25, 0.3) is 0 Å². The summed E-state index contributed by atoms with van der Waals surface area (Å²) in [6, 6.07) is 15.9. The first-order valence-electron chi connectivity index (χ1n) is 6.65. The summed E-state index contributed by atoms with van der Waals surface area (Å²) in [5, 5.41) is 0. The molecule has 1 aliphatic heterocycles. The highest BCUT2D eigenvalue weighted by Crippen LogP contribution is 2.31. The van der Waals surface area contributed by atoms with Gasteiger partial charge in [-0.3, -0.25) is 4.79 Å². The van der Waals surface area contributed by atoms with Crippen molar-refractivity contribution in [3.63, 3.8) is 0 Å². The minimum absolute atomic E-state index is 0.106. The van der Waals surface area contributed by atoms with Gasteiger partial charge in [0.05, 0.1) is 5.56 Å². The highest BCUT2D eigenvalue weighted by Gasteiger charge is 2.32. The van der Waals surface area contributed by atoms with Crippen LogP contribution >= 0.6 is 0 Å². The predicted molar refractivity (Wildman–Crippen MR) is 74.7 cm³/mol. The van der Waals surface area contributed by atoms with Gasteiger partial charge >= 0.3 is 0 Å². The maximum absolute atomic E-state index is 12.3. The van der Waals surface area contributed by atoms with E-state index in [2.05, 4.69) is 6.92 Å². The average Bonchev–Trinajstić information content (AvgIpc) is 2.76. The van der Waals surface area contributed by atoms with Gasteiger partial charge in [0.2, 0.25) is 5.78 Å². The minimum Gasteiger partial charge on any atom is -0.481 e. The first-order chi connectivity index (χ1) is 9.28. The van der Waals surface area contributed by atoms with Gasteiger partial charge in [-0.25, -0.2) is 0 Å². The van der Waals surface area contributed by atoms with Gasteiger partial charge in [0.1, 0.15) is 5.75 Å². The summed E-state index contributed by atoms with van der Waals surface area (Å²) in [7, 11) is 0. The molecule has 0 N–H and O–H groups in total. The molecule has 19 heavy (non-hydrogen) atoms. The number of rotatable bonds is 3. The summed E-state index contributed by atoms with van der Waals surface area (Å²) in [4.78, 5) is 12.3. The third-order valence-electron chi connectivity index (χ3n) is 3.54. The van der Waals surface area contributed by atoms with Crippen molar-refractivity contribution >= 4 is 5.78 Å². The molecule has 0 bridgehead atoms. The Kier molecular flexibility index (Phi) is 3.08. The lowest BCUT2D eigenvalue weighted by Crippen LogP contribution is -2.23. The fourth-order valence-electron chi connectivity index (χ4n) is 2.44. The summed E-state index contributed by atoms with van der Waals surface area (Å²) in [6.45, 7) is 2.09. The van der Waals surface area contributed by atoms with Crippen molar-refractivity contribution in [2.75, 3.05) is 0 Å². The Morgan fingerprint density at radius 3 is 2.58 bits per heavy atom. The molecule has 1 aliphatic rings. The molecular weight excluding hydrogens is 236 g/mol. The Balaban J connectivity index is 1.83. The molecule has 0 aliphatic carbocycles. The van der Waals surface area contributed by atoms with Crippen molar-refractivity contribution in [3.05, 3.63) is 65.2 Å². The number of carbonyl (C=O) groups excluding carboxylic acids is 1. The Morgan fingerprint density at radius 2 is 1.84 bits per heavy atom. The molecule has 96 valence electrons. The van der Waals surface area contributed by atoms with Gasteiger partial charge in [0.25, 0.3) is 0 Å². The number of ether oxygens (including phenoxy) is 1. The molecule has 0 saturated carbocycles. The highest BCUT2D eigenvalue weighted by molar-refractivity contribution is 6.04. The Hall–Kier alpha value is -2.09. The van der Waals surface area contributed by atoms with Crippen molar-refractivity contribution in [1.82, 2.24) is 0 Å². The van der Waals surface area contributed by atoms with Crippen molar-refractivity contribution in [3.8, 4) is 5.75 Å². The minimum atomic E-state index is -0.371. The van der Waals surface area contributed by atoms with Crippen LogP contribution < -0.4 is 4.74 Å². The monoisotopic (exact) mass is 252 g/mol. The van der Waals surface area contributed by atoms with E-state index in [1.165, 1.54) is 5.56 Å². The van der Waals surface area contributed by atoms with E-state index in [9.17, 15) is 4.79 Å². The second-order valence-electron chi connectivity index (χ2n) is 4.84. The van der Waals surface area contributed by atoms with E-state index in [0.717, 1.165) is 23.3 Å². The summed E-state index contributed by atoms with van der Waals surface area (Å²) >= 11 is 0. The molecule has 0 fully saturated rings. The Morgan fingerprint density at radius 1 is 1.05 bits per heavy atom. The van der Waals surface area contributed by atoms with E-state index in [-0.39, 0.29) is 11.9 Å². The van der Waals surface area contributed by atoms with Gasteiger partial charge in [-0.2, -0.15) is 0 Å². The van der Waals surface area contributed by atoms with Crippen molar-refractivity contribution in [2.24, 2.45) is 0 Å². The number of hydrogen-bond donors (Lipinski definition) is 0. The molecule has 1 unspecified atom stereocenters. The van der Waals surface area contributed by atoms with Crippen LogP contribution in [0.3, 0.4) is 0 Å². The lowest BCUT2D eigenvalue weighted by Gasteiger charge is -2.08. The molecule has 1 heterocycles. The fraction of sp³-hybridized carbons (Fsp3) is 0.235. The molecule has 3 rings (SSSR count). The number of carbonyl (C=O) groups is 1. The molecule has 0 spiro atoms. The third kappa shape index (κ3) is 2.26. The molecule has 2 aromatic carbocycles. The van der Waals surface area contributed by atoms with E-state index in [0.29, 0.717) is 6.42 Å². The predicted octanol–water partition coefficient (Wildman–Crippen LogP) is 3.44. The van der Waals surface area contributed by atoms with Gasteiger partial charge in [-0.05, 0) is 29.7 Å². The van der Waals surface area contributed by atoms with Crippen molar-refractivity contribution < 1.29 is 9.53 Å². The van der Waals surface area contributed by atoms with Crippen LogP contribution in [0.15, 0.2) is 48.5 Å². The SMILES string of the molecule is CCc1ccc2c(c1)C(=O)C(Cc1ccccc1)O2. The van der Waals surface area contributed by atoms with E-state index in [1.54, 1.807) is 0 Å². The number of benzene rings is 2. The zero-order chi connectivity index (χ0) is 13.2. The fourth-order valence-corrected chi connectivity index (χ4v) is 2.44. The molecule has 2 aromatic rings. The average molecular weight is 252 g/mol. The molecule has 0 saturated heterocycles. The number of aryl methyl sites for hydroxylation is 1. The van der Waals surface area contributed by atoms with Crippen LogP contribution in [-0.2, 0) is 12.8 Å². The van der Waals surface area contributed by atoms with Crippen LogP contribution in [0.5, 0.6) is 5.75 Å². The largest absolute Gasteiger partial charge is 0.481 e. The standard InChI is InChI=1S/C17H16O2/c1-2-12-8-9-15-14(10-12)17(18)16(19-15)11-13-6-4-3-5-7-13/h3-10,16H,2,11H2,1H3. The maximum Gasteiger partial charge on any atom is 0.207 e. The van der Waals surface area contributed by atoms with Gasteiger partial charge in [0.15, 0.2) is 6.10 Å². The van der Waals surface area contributed by atoms with E-state index in [4.69, 9.17) is 4.74 Å². The summed E-state index contributed by atoms with van der Waals surface area (Å²) in [6.07, 6.45) is 1.20. The molecule has 0 amide bonds. The molecule has 2 heteroatoms. The van der Waals surface area contributed by atoms with Crippen LogP contribution in [-0.4, -0.2) is 11.9 Å². The third-order valence-corrected chi connectivity index (χ3v) is 3.54. The Labute approximate surface area is 113 Å². The summed E-state index contributed by atoms with van der Waals surface area (Å²) in [5.41, 5.74) is 3.04. The van der Waals surface area contributed by atoms with Crippen molar-refractivity contribution in [1.29, 1.82) is 0 Å². The number of fused-ring (bicyclic) bond motifs is 1. The molecule has 0 aromatic heterocycles. The second-order valence-corrected chi connectivity index (χ2v) is 4.84. The van der Waals surface area contributed by atoms with Crippen LogP contribution in [0, 0.1) is 0 Å². The van der Waals surface area contributed by atoms with Crippen LogP contribution in [0.2, 0.25) is 0 Å². The zero-order valence-corrected chi connectivity index (χ0v) is 10.9. The molecule has 0 radical (unpaired) electrons. The smallest absolute Gasteiger partial charge is 0.207 e. The highest BCUT2D eigenvalue weighted by atomic mass is 16.5. The number of ketones is 1. The molecule has 2 nitrogen and oxygen atoms in total. The van der Waals surface area contributed by atoms with Gasteiger partial charge in [0, 0.05) is 6.42 Å². The topological polar surface area (TPSA) is 26.3 Å². The molecule has 1 atom stereocenters. The maximum atomic E-state index is 12.3. The normalized spacial score (nSPS) is 17.1. The van der Waals surface area contributed by atoms with E-state index in [1.807, 2.05) is 48.5 Å². The van der Waals surface area contributed by atoms with Gasteiger partial charge in [-0.15, -0.1) is 0 Å². The molecular formula is C17H16O2. The lowest BCUT2D eigenvalue weighted by molar-refractivity contribution is 0.0858. The van der Waals surface area contributed by atoms with E-state index < -0.39 is 0 Å².